The summed E-state index contributed by atoms with van der Waals surface area (Å²) in [6.45, 7) is 3.37. The molecule has 19 heavy (non-hydrogen) atoms. The van der Waals surface area contributed by atoms with Crippen molar-refractivity contribution >= 4 is 0 Å². The average molecular weight is 261 g/mol. The lowest BCUT2D eigenvalue weighted by atomic mass is 10.1. The van der Waals surface area contributed by atoms with Crippen molar-refractivity contribution in [2.24, 2.45) is 0 Å². The van der Waals surface area contributed by atoms with Crippen LogP contribution in [-0.2, 0) is 0 Å². The van der Waals surface area contributed by atoms with Crippen molar-refractivity contribution in [3.05, 3.63) is 46.7 Å². The summed E-state index contributed by atoms with van der Waals surface area (Å²) in [5.41, 5.74) is 1.31. The summed E-state index contributed by atoms with van der Waals surface area (Å²) in [7, 11) is 0. The van der Waals surface area contributed by atoms with Crippen LogP contribution in [0.4, 0.5) is 8.78 Å². The van der Waals surface area contributed by atoms with E-state index in [4.69, 9.17) is 10.00 Å². The van der Waals surface area contributed by atoms with E-state index in [2.05, 4.69) is 10.2 Å². The minimum atomic E-state index is -1.13. The van der Waals surface area contributed by atoms with Gasteiger partial charge in [-0.05, 0) is 31.5 Å². The minimum absolute atomic E-state index is 0.143. The molecule has 2 aromatic rings. The average Bonchev–Trinajstić information content (AvgIpc) is 2.39. The number of halogens is 2. The summed E-state index contributed by atoms with van der Waals surface area (Å²) in [6, 6.07) is 5.43. The fourth-order valence-electron chi connectivity index (χ4n) is 1.46. The van der Waals surface area contributed by atoms with Crippen LogP contribution in [0.15, 0.2) is 18.2 Å². The summed E-state index contributed by atoms with van der Waals surface area (Å²) < 4.78 is 31.7. The Labute approximate surface area is 108 Å². The van der Waals surface area contributed by atoms with Gasteiger partial charge in [-0.25, -0.2) is 4.39 Å². The van der Waals surface area contributed by atoms with E-state index in [-0.39, 0.29) is 17.2 Å². The van der Waals surface area contributed by atoms with E-state index in [9.17, 15) is 8.78 Å². The third-order valence-electron chi connectivity index (χ3n) is 2.66. The molecule has 2 rings (SSSR count). The second-order valence-electron chi connectivity index (χ2n) is 3.86. The predicted molar refractivity (Wildman–Crippen MR) is 62.7 cm³/mol. The Balaban J connectivity index is 2.48. The van der Waals surface area contributed by atoms with Crippen LogP contribution < -0.4 is 4.74 Å². The molecule has 0 amide bonds. The number of nitriles is 1. The molecule has 0 spiro atoms. The molecule has 0 bridgehead atoms. The zero-order chi connectivity index (χ0) is 14.0. The molecule has 4 nitrogen and oxygen atoms in total. The standard InChI is InChI=1S/C13H9F2N3O/c1-7-8(2)17-18-13(9(7)6-16)19-11-5-3-4-10(14)12(11)15/h3-5H,1-2H3. The van der Waals surface area contributed by atoms with Crippen LogP contribution in [0.5, 0.6) is 11.6 Å². The first-order valence-corrected chi connectivity index (χ1v) is 5.40. The van der Waals surface area contributed by atoms with Gasteiger partial charge in [0.05, 0.1) is 5.69 Å². The molecule has 0 saturated carbocycles. The molecule has 0 aliphatic carbocycles. The lowest BCUT2D eigenvalue weighted by Gasteiger charge is -2.09. The maximum absolute atomic E-state index is 13.5. The largest absolute Gasteiger partial charge is 0.433 e. The van der Waals surface area contributed by atoms with Crippen LogP contribution in [0.2, 0.25) is 0 Å². The number of hydrogen-bond acceptors (Lipinski definition) is 4. The van der Waals surface area contributed by atoms with Gasteiger partial charge in [-0.1, -0.05) is 6.07 Å². The second-order valence-corrected chi connectivity index (χ2v) is 3.86. The van der Waals surface area contributed by atoms with Gasteiger partial charge in [-0.15, -0.1) is 5.10 Å². The SMILES string of the molecule is Cc1nnc(Oc2cccc(F)c2F)c(C#N)c1C. The van der Waals surface area contributed by atoms with Gasteiger partial charge >= 0.3 is 0 Å². The van der Waals surface area contributed by atoms with E-state index in [0.717, 1.165) is 6.07 Å². The zero-order valence-electron chi connectivity index (χ0n) is 10.2. The Bertz CT molecular complexity index is 680. The number of ether oxygens (including phenoxy) is 1. The summed E-state index contributed by atoms with van der Waals surface area (Å²) in [5, 5.41) is 16.5. The van der Waals surface area contributed by atoms with E-state index in [1.807, 2.05) is 6.07 Å². The molecular weight excluding hydrogens is 252 g/mol. The molecule has 0 aliphatic rings. The molecular formula is C13H9F2N3O. The molecule has 0 unspecified atom stereocenters. The van der Waals surface area contributed by atoms with Crippen molar-refractivity contribution in [1.82, 2.24) is 10.2 Å². The fourth-order valence-corrected chi connectivity index (χ4v) is 1.46. The van der Waals surface area contributed by atoms with Crippen LogP contribution >= 0.6 is 0 Å². The third kappa shape index (κ3) is 2.36. The Hall–Kier alpha value is -2.55. The van der Waals surface area contributed by atoms with Crippen LogP contribution in [0.25, 0.3) is 0 Å². The number of hydrogen-bond donors (Lipinski definition) is 0. The van der Waals surface area contributed by atoms with Crippen LogP contribution in [0.1, 0.15) is 16.8 Å². The summed E-state index contributed by atoms with van der Waals surface area (Å²) >= 11 is 0. The highest BCUT2D eigenvalue weighted by atomic mass is 19.2. The van der Waals surface area contributed by atoms with Gasteiger partial charge in [0.15, 0.2) is 11.6 Å². The lowest BCUT2D eigenvalue weighted by molar-refractivity contribution is 0.399. The lowest BCUT2D eigenvalue weighted by Crippen LogP contribution is -2.01. The number of benzene rings is 1. The number of aromatic nitrogens is 2. The second kappa shape index (κ2) is 4.98. The van der Waals surface area contributed by atoms with Crippen LogP contribution in [0, 0.1) is 36.8 Å². The van der Waals surface area contributed by atoms with Crippen molar-refractivity contribution in [2.75, 3.05) is 0 Å². The van der Waals surface area contributed by atoms with Gasteiger partial charge in [-0.2, -0.15) is 14.8 Å². The smallest absolute Gasteiger partial charge is 0.257 e. The molecule has 0 N–H and O–H groups in total. The van der Waals surface area contributed by atoms with E-state index < -0.39 is 11.6 Å². The molecule has 1 aromatic heterocycles. The predicted octanol–water partition coefficient (Wildman–Crippen LogP) is 3.04. The maximum atomic E-state index is 13.5. The van der Waals surface area contributed by atoms with Crippen molar-refractivity contribution in [3.8, 4) is 17.7 Å². The minimum Gasteiger partial charge on any atom is -0.433 e. The van der Waals surface area contributed by atoms with Crippen LogP contribution in [-0.4, -0.2) is 10.2 Å². The van der Waals surface area contributed by atoms with Crippen molar-refractivity contribution < 1.29 is 13.5 Å². The molecule has 6 heteroatoms. The first kappa shape index (κ1) is 12.9. The molecule has 96 valence electrons. The highest BCUT2D eigenvalue weighted by molar-refractivity contribution is 5.46. The quantitative estimate of drug-likeness (QED) is 0.833. The molecule has 0 aliphatic heterocycles. The highest BCUT2D eigenvalue weighted by Crippen LogP contribution is 2.28. The van der Waals surface area contributed by atoms with Crippen LogP contribution in [0.3, 0.4) is 0 Å². The van der Waals surface area contributed by atoms with Crippen molar-refractivity contribution in [1.29, 1.82) is 5.26 Å². The Morgan fingerprint density at radius 1 is 1.21 bits per heavy atom. The van der Waals surface area contributed by atoms with E-state index in [1.165, 1.54) is 12.1 Å². The number of aryl methyl sites for hydroxylation is 1. The van der Waals surface area contributed by atoms with Gasteiger partial charge in [0, 0.05) is 0 Å². The van der Waals surface area contributed by atoms with Crippen molar-refractivity contribution in [3.63, 3.8) is 0 Å². The molecule has 0 radical (unpaired) electrons. The summed E-state index contributed by atoms with van der Waals surface area (Å²) in [6.07, 6.45) is 0. The monoisotopic (exact) mass is 261 g/mol. The molecule has 1 aromatic carbocycles. The summed E-state index contributed by atoms with van der Waals surface area (Å²) in [5.74, 6) is -2.65. The maximum Gasteiger partial charge on any atom is 0.257 e. The summed E-state index contributed by atoms with van der Waals surface area (Å²) in [4.78, 5) is 0. The normalized spacial score (nSPS) is 10.1. The topological polar surface area (TPSA) is 58.8 Å². The van der Waals surface area contributed by atoms with Gasteiger partial charge in [-0.3, -0.25) is 0 Å². The Kier molecular flexibility index (Phi) is 3.38. The Morgan fingerprint density at radius 2 is 1.95 bits per heavy atom. The zero-order valence-corrected chi connectivity index (χ0v) is 10.2. The highest BCUT2D eigenvalue weighted by Gasteiger charge is 2.16. The van der Waals surface area contributed by atoms with Gasteiger partial charge < -0.3 is 4.74 Å². The third-order valence-corrected chi connectivity index (χ3v) is 2.66. The van der Waals surface area contributed by atoms with E-state index in [1.54, 1.807) is 13.8 Å². The Morgan fingerprint density at radius 3 is 2.63 bits per heavy atom. The van der Waals surface area contributed by atoms with E-state index in [0.29, 0.717) is 11.3 Å². The van der Waals surface area contributed by atoms with Gasteiger partial charge in [0.1, 0.15) is 11.6 Å². The molecule has 1 heterocycles. The first-order chi connectivity index (χ1) is 9.04. The molecule has 0 fully saturated rings. The fraction of sp³-hybridized carbons (Fsp3) is 0.154. The van der Waals surface area contributed by atoms with Gasteiger partial charge in [0.2, 0.25) is 5.82 Å². The number of rotatable bonds is 2. The first-order valence-electron chi connectivity index (χ1n) is 5.40. The van der Waals surface area contributed by atoms with E-state index >= 15 is 0 Å². The van der Waals surface area contributed by atoms with Gasteiger partial charge in [0.25, 0.3) is 5.88 Å². The molecule has 0 saturated heterocycles. The molecule has 0 atom stereocenters. The van der Waals surface area contributed by atoms with Crippen molar-refractivity contribution in [2.45, 2.75) is 13.8 Å². The number of nitrogens with zero attached hydrogens (tertiary/aromatic N) is 3.